The molecule has 6 rings (SSSR count). The highest BCUT2D eigenvalue weighted by molar-refractivity contribution is 6.17. The molecule has 0 bridgehead atoms. The molecule has 0 unspecified atom stereocenters. The highest BCUT2D eigenvalue weighted by Crippen LogP contribution is 2.34. The molecule has 0 aliphatic rings. The van der Waals surface area contributed by atoms with Gasteiger partial charge in [-0.1, -0.05) is 91.6 Å². The summed E-state index contributed by atoms with van der Waals surface area (Å²) >= 11 is 0. The molecule has 49 heavy (non-hydrogen) atoms. The summed E-state index contributed by atoms with van der Waals surface area (Å²) in [5.41, 5.74) is 7.04. The first-order chi connectivity index (χ1) is 23.8. The molecule has 1 aromatic heterocycles. The number of hydrogen-bond acceptors (Lipinski definition) is 7. The Morgan fingerprint density at radius 1 is 0.571 bits per heavy atom. The molecule has 0 fully saturated rings. The molecule has 0 aliphatic carbocycles. The van der Waals surface area contributed by atoms with Gasteiger partial charge in [0, 0.05) is 47.0 Å². The Morgan fingerprint density at radius 2 is 1.06 bits per heavy atom. The quantitative estimate of drug-likeness (QED) is 0.0602. The van der Waals surface area contributed by atoms with Gasteiger partial charge in [0.15, 0.2) is 5.78 Å². The van der Waals surface area contributed by atoms with Crippen molar-refractivity contribution >= 4 is 61.7 Å². The highest BCUT2D eigenvalue weighted by atomic mass is 16.7. The van der Waals surface area contributed by atoms with Gasteiger partial charge in [0.05, 0.1) is 22.5 Å². The van der Waals surface area contributed by atoms with Gasteiger partial charge < -0.3 is 14.2 Å². The molecule has 6 aromatic rings. The minimum atomic E-state index is -0.480. The van der Waals surface area contributed by atoms with Gasteiger partial charge in [-0.05, 0) is 77.7 Å². The lowest BCUT2D eigenvalue weighted by molar-refractivity contribution is -0.141. The largest absolute Gasteiger partial charge is 0.331 e. The van der Waals surface area contributed by atoms with E-state index in [1.54, 1.807) is 0 Å². The van der Waals surface area contributed by atoms with Crippen molar-refractivity contribution in [2.45, 2.75) is 53.4 Å². The minimum Gasteiger partial charge on any atom is -0.318 e. The fourth-order valence-electron chi connectivity index (χ4n) is 6.12. The third-order valence-electron chi connectivity index (χ3n) is 8.37. The molecule has 8 heteroatoms. The van der Waals surface area contributed by atoms with Gasteiger partial charge in [-0.25, -0.2) is 9.59 Å². The number of ketones is 1. The van der Waals surface area contributed by atoms with Crippen LogP contribution in [-0.4, -0.2) is 33.7 Å². The van der Waals surface area contributed by atoms with Crippen LogP contribution in [-0.2, 0) is 19.3 Å². The van der Waals surface area contributed by atoms with Crippen molar-refractivity contribution in [1.82, 2.24) is 4.57 Å². The Bertz CT molecular complexity index is 2280. The highest BCUT2D eigenvalue weighted by Gasteiger charge is 2.18. The van der Waals surface area contributed by atoms with E-state index in [4.69, 9.17) is 9.68 Å². The Hall–Kier alpha value is -5.89. The van der Waals surface area contributed by atoms with E-state index in [9.17, 15) is 14.4 Å². The number of hydrogen-bond donors (Lipinski definition) is 0. The van der Waals surface area contributed by atoms with Gasteiger partial charge >= 0.3 is 11.9 Å². The van der Waals surface area contributed by atoms with Crippen LogP contribution < -0.4 is 0 Å². The van der Waals surface area contributed by atoms with Crippen LogP contribution in [0.15, 0.2) is 113 Å². The van der Waals surface area contributed by atoms with Crippen LogP contribution in [0.3, 0.4) is 0 Å². The molecule has 0 radical (unpaired) electrons. The topological polar surface area (TPSA) is 99.3 Å². The van der Waals surface area contributed by atoms with E-state index in [0.717, 1.165) is 62.2 Å². The van der Waals surface area contributed by atoms with Crippen LogP contribution in [0.2, 0.25) is 0 Å². The molecule has 0 saturated heterocycles. The Balaban J connectivity index is 1.50. The lowest BCUT2D eigenvalue weighted by Gasteiger charge is -2.11. The number of rotatable bonds is 11. The van der Waals surface area contributed by atoms with Gasteiger partial charge in [0.1, 0.15) is 0 Å². The molecule has 246 valence electrons. The Morgan fingerprint density at radius 3 is 1.65 bits per heavy atom. The summed E-state index contributed by atoms with van der Waals surface area (Å²) in [6.07, 6.45) is 2.95. The van der Waals surface area contributed by atoms with E-state index >= 15 is 0 Å². The molecule has 0 amide bonds. The predicted molar refractivity (Wildman–Crippen MR) is 195 cm³/mol. The number of fused-ring (bicyclic) bond motifs is 4. The number of benzene rings is 5. The van der Waals surface area contributed by atoms with Crippen molar-refractivity contribution in [3.8, 4) is 5.69 Å². The SMILES string of the molecule is CCC/C(=N\OC(C)=O)c1ccc(-n2c3ccc(C(=O)c4ccc5ccccc5c4)cc3c3cc(/C(CCC)=N/OC(C)=O)ccc32)cc1. The van der Waals surface area contributed by atoms with Crippen molar-refractivity contribution < 1.29 is 24.1 Å². The second-order valence-electron chi connectivity index (χ2n) is 12.0. The van der Waals surface area contributed by atoms with Crippen LogP contribution in [0.4, 0.5) is 0 Å². The maximum atomic E-state index is 13.9. The predicted octanol–water partition coefficient (Wildman–Crippen LogP) is 9.30. The molecule has 0 saturated carbocycles. The molecule has 0 N–H and O–H groups in total. The van der Waals surface area contributed by atoms with E-state index in [0.29, 0.717) is 35.4 Å². The first-order valence-corrected chi connectivity index (χ1v) is 16.5. The Kier molecular flexibility index (Phi) is 9.76. The monoisotopic (exact) mass is 651 g/mol. The lowest BCUT2D eigenvalue weighted by Crippen LogP contribution is -2.05. The van der Waals surface area contributed by atoms with Crippen LogP contribution in [0.1, 0.15) is 80.4 Å². The zero-order valence-corrected chi connectivity index (χ0v) is 28.0. The Labute approximate surface area is 284 Å². The van der Waals surface area contributed by atoms with Crippen molar-refractivity contribution in [2.75, 3.05) is 0 Å². The van der Waals surface area contributed by atoms with E-state index in [-0.39, 0.29) is 5.78 Å². The third-order valence-corrected chi connectivity index (χ3v) is 8.37. The summed E-state index contributed by atoms with van der Waals surface area (Å²) in [4.78, 5) is 46.9. The molecular formula is C41H37N3O5. The smallest absolute Gasteiger partial charge is 0.318 e. The summed E-state index contributed by atoms with van der Waals surface area (Å²) in [5.74, 6) is -1.01. The number of aromatic nitrogens is 1. The van der Waals surface area contributed by atoms with Gasteiger partial charge in [0.2, 0.25) is 0 Å². The first kappa shape index (κ1) is 33.0. The van der Waals surface area contributed by atoms with Crippen LogP contribution in [0, 0.1) is 0 Å². The molecule has 0 spiro atoms. The third kappa shape index (κ3) is 7.04. The zero-order chi connectivity index (χ0) is 34.5. The molecule has 0 aliphatic heterocycles. The van der Waals surface area contributed by atoms with Crippen molar-refractivity contribution in [1.29, 1.82) is 0 Å². The first-order valence-electron chi connectivity index (χ1n) is 16.5. The molecule has 5 aromatic carbocycles. The van der Waals surface area contributed by atoms with E-state index in [2.05, 4.69) is 20.9 Å². The molecule has 1 heterocycles. The zero-order valence-electron chi connectivity index (χ0n) is 28.0. The number of carbonyl (C=O) groups is 3. The average Bonchev–Trinajstić information content (AvgIpc) is 3.44. The van der Waals surface area contributed by atoms with Crippen LogP contribution in [0.5, 0.6) is 0 Å². The summed E-state index contributed by atoms with van der Waals surface area (Å²) in [6.45, 7) is 6.76. The fraction of sp³-hybridized carbons (Fsp3) is 0.195. The standard InChI is InChI=1S/C41H37N3O5/c1-5-9-37(42-48-26(3)45)29-15-19-34(20-16-29)44-39-21-17-31(38(10-6-2)43-49-27(4)46)24-35(39)36-25-33(18-22-40(36)44)41(47)32-14-13-28-11-7-8-12-30(28)23-32/h7-8,11-25H,5-6,9-10H2,1-4H3/b42-37+,43-38+. The normalized spacial score (nSPS) is 12.1. The van der Waals surface area contributed by atoms with E-state index in [1.165, 1.54) is 13.8 Å². The lowest BCUT2D eigenvalue weighted by atomic mass is 9.98. The minimum absolute atomic E-state index is 0.0623. The fourth-order valence-corrected chi connectivity index (χ4v) is 6.12. The van der Waals surface area contributed by atoms with Crippen molar-refractivity contribution in [2.24, 2.45) is 10.3 Å². The number of oxime groups is 2. The van der Waals surface area contributed by atoms with Gasteiger partial charge in [0.25, 0.3) is 0 Å². The summed E-state index contributed by atoms with van der Waals surface area (Å²) in [7, 11) is 0. The summed E-state index contributed by atoms with van der Waals surface area (Å²) in [6, 6.07) is 33.6. The van der Waals surface area contributed by atoms with E-state index < -0.39 is 11.9 Å². The second kappa shape index (κ2) is 14.5. The molecule has 8 nitrogen and oxygen atoms in total. The van der Waals surface area contributed by atoms with Crippen LogP contribution >= 0.6 is 0 Å². The maximum absolute atomic E-state index is 13.9. The number of nitrogens with zero attached hydrogens (tertiary/aromatic N) is 3. The summed E-state index contributed by atoms with van der Waals surface area (Å²) < 4.78 is 2.16. The average molecular weight is 652 g/mol. The summed E-state index contributed by atoms with van der Waals surface area (Å²) in [5, 5.41) is 12.2. The van der Waals surface area contributed by atoms with Crippen molar-refractivity contribution in [3.05, 3.63) is 125 Å². The van der Waals surface area contributed by atoms with E-state index in [1.807, 2.05) is 111 Å². The van der Waals surface area contributed by atoms with Crippen molar-refractivity contribution in [3.63, 3.8) is 0 Å². The van der Waals surface area contributed by atoms with Gasteiger partial charge in [-0.2, -0.15) is 0 Å². The molecule has 0 atom stereocenters. The maximum Gasteiger partial charge on any atom is 0.331 e. The number of carbonyl (C=O) groups excluding carboxylic acids is 3. The van der Waals surface area contributed by atoms with Gasteiger partial charge in [-0.15, -0.1) is 0 Å². The van der Waals surface area contributed by atoms with Gasteiger partial charge in [-0.3, -0.25) is 4.79 Å². The molecular weight excluding hydrogens is 614 g/mol. The van der Waals surface area contributed by atoms with Crippen LogP contribution in [0.25, 0.3) is 38.3 Å². The second-order valence-corrected chi connectivity index (χ2v) is 12.0.